The minimum atomic E-state index is -0.557. The Bertz CT molecular complexity index is 820. The highest BCUT2D eigenvalue weighted by Gasteiger charge is 2.54. The summed E-state index contributed by atoms with van der Waals surface area (Å²) in [6.07, 6.45) is 2.40. The van der Waals surface area contributed by atoms with Gasteiger partial charge in [0.2, 0.25) is 11.8 Å². The number of nitrogens with zero attached hydrogens (tertiary/aromatic N) is 2. The number of ether oxygens (including phenoxy) is 2. The minimum absolute atomic E-state index is 0.0159. The average molecular weight is 446 g/mol. The molecule has 0 aromatic heterocycles. The quantitative estimate of drug-likeness (QED) is 0.585. The first kappa shape index (κ1) is 24.0. The van der Waals surface area contributed by atoms with Crippen LogP contribution in [0, 0.1) is 12.3 Å². The Morgan fingerprint density at radius 3 is 2.66 bits per heavy atom. The Labute approximate surface area is 190 Å². The lowest BCUT2D eigenvalue weighted by molar-refractivity contribution is -0.144. The van der Waals surface area contributed by atoms with E-state index in [0.717, 1.165) is 12.0 Å². The number of aryl methyl sites for hydroxylation is 1. The maximum Gasteiger partial charge on any atom is 0.260 e. The summed E-state index contributed by atoms with van der Waals surface area (Å²) in [6.45, 7) is 6.49. The fourth-order valence-electron chi connectivity index (χ4n) is 4.70. The summed E-state index contributed by atoms with van der Waals surface area (Å²) in [5, 5.41) is 2.94. The van der Waals surface area contributed by atoms with E-state index >= 15 is 0 Å². The molecular weight excluding hydrogens is 410 g/mol. The molecule has 8 heteroatoms. The number of piperidine rings is 1. The Balaban J connectivity index is 1.54. The maximum absolute atomic E-state index is 13.2. The topological polar surface area (TPSA) is 88.2 Å². The van der Waals surface area contributed by atoms with Crippen LogP contribution in [-0.4, -0.2) is 80.1 Å². The van der Waals surface area contributed by atoms with E-state index in [1.54, 1.807) is 16.9 Å². The van der Waals surface area contributed by atoms with Crippen molar-refractivity contribution in [3.8, 4) is 5.75 Å². The van der Waals surface area contributed by atoms with Crippen LogP contribution in [0.15, 0.2) is 24.3 Å². The third-order valence-corrected chi connectivity index (χ3v) is 6.57. The van der Waals surface area contributed by atoms with E-state index in [1.807, 2.05) is 38.1 Å². The van der Waals surface area contributed by atoms with Gasteiger partial charge < -0.3 is 24.6 Å². The highest BCUT2D eigenvalue weighted by Crippen LogP contribution is 2.44. The number of methoxy groups -OCH3 is 1. The number of likely N-dealkylation sites (tertiary alicyclic amines) is 2. The number of benzene rings is 1. The standard InChI is InChI=1S/C24H35N3O5/c1-4-27-20(22(29)25-11-6-14-31-3)16-24(23(27)30)9-12-26(13-10-24)21(28)17-32-19-8-5-7-18(2)15-19/h5,7-8,15,20H,4,6,9-14,16-17H2,1-3H3,(H,25,29)/t20-/m0/s1. The molecule has 176 valence electrons. The molecule has 0 saturated carbocycles. The van der Waals surface area contributed by atoms with E-state index in [2.05, 4.69) is 5.32 Å². The van der Waals surface area contributed by atoms with Gasteiger partial charge in [0, 0.05) is 39.9 Å². The molecule has 0 bridgehead atoms. The molecule has 2 fully saturated rings. The number of carbonyl (C=O) groups excluding carboxylic acids is 3. The zero-order valence-electron chi connectivity index (χ0n) is 19.4. The fourth-order valence-corrected chi connectivity index (χ4v) is 4.70. The van der Waals surface area contributed by atoms with Gasteiger partial charge in [-0.05, 0) is 57.2 Å². The van der Waals surface area contributed by atoms with Gasteiger partial charge in [0.15, 0.2) is 6.61 Å². The molecule has 2 aliphatic heterocycles. The summed E-state index contributed by atoms with van der Waals surface area (Å²) in [7, 11) is 1.63. The second-order valence-corrected chi connectivity index (χ2v) is 8.71. The summed E-state index contributed by atoms with van der Waals surface area (Å²) >= 11 is 0. The van der Waals surface area contributed by atoms with Gasteiger partial charge in [0.1, 0.15) is 11.8 Å². The molecule has 8 nitrogen and oxygen atoms in total. The van der Waals surface area contributed by atoms with Crippen molar-refractivity contribution < 1.29 is 23.9 Å². The minimum Gasteiger partial charge on any atom is -0.484 e. The monoisotopic (exact) mass is 445 g/mol. The summed E-state index contributed by atoms with van der Waals surface area (Å²) in [5.41, 5.74) is 0.519. The number of hydrogen-bond donors (Lipinski definition) is 1. The summed E-state index contributed by atoms with van der Waals surface area (Å²) in [4.78, 5) is 42.1. The Morgan fingerprint density at radius 1 is 1.25 bits per heavy atom. The van der Waals surface area contributed by atoms with Crippen LogP contribution in [0.3, 0.4) is 0 Å². The second-order valence-electron chi connectivity index (χ2n) is 8.71. The third-order valence-electron chi connectivity index (χ3n) is 6.57. The van der Waals surface area contributed by atoms with E-state index in [1.165, 1.54) is 0 Å². The fraction of sp³-hybridized carbons (Fsp3) is 0.625. The molecule has 0 aliphatic carbocycles. The van der Waals surface area contributed by atoms with Crippen LogP contribution >= 0.6 is 0 Å². The molecule has 3 amide bonds. The molecule has 3 rings (SSSR count). The van der Waals surface area contributed by atoms with Crippen LogP contribution in [-0.2, 0) is 19.1 Å². The lowest BCUT2D eigenvalue weighted by atomic mass is 9.76. The normalized spacial score (nSPS) is 20.0. The number of hydrogen-bond acceptors (Lipinski definition) is 5. The number of carbonyl (C=O) groups is 3. The van der Waals surface area contributed by atoms with Crippen molar-refractivity contribution in [2.45, 2.75) is 45.6 Å². The molecule has 32 heavy (non-hydrogen) atoms. The van der Waals surface area contributed by atoms with E-state index < -0.39 is 11.5 Å². The van der Waals surface area contributed by atoms with Crippen LogP contribution in [0.5, 0.6) is 5.75 Å². The van der Waals surface area contributed by atoms with Gasteiger partial charge in [-0.2, -0.15) is 0 Å². The van der Waals surface area contributed by atoms with Gasteiger partial charge in [0.25, 0.3) is 5.91 Å². The number of likely N-dealkylation sites (N-methyl/N-ethyl adjacent to an activating group) is 1. The van der Waals surface area contributed by atoms with Crippen LogP contribution in [0.1, 0.15) is 38.2 Å². The molecule has 2 heterocycles. The first-order valence-corrected chi connectivity index (χ1v) is 11.4. The summed E-state index contributed by atoms with van der Waals surface area (Å²) < 4.78 is 10.7. The van der Waals surface area contributed by atoms with Crippen molar-refractivity contribution in [3.63, 3.8) is 0 Å². The number of amides is 3. The molecule has 1 N–H and O–H groups in total. The molecule has 0 unspecified atom stereocenters. The van der Waals surface area contributed by atoms with Crippen molar-refractivity contribution in [1.82, 2.24) is 15.1 Å². The zero-order valence-corrected chi connectivity index (χ0v) is 19.4. The molecule has 1 atom stereocenters. The van der Waals surface area contributed by atoms with E-state index in [-0.39, 0.29) is 24.3 Å². The van der Waals surface area contributed by atoms with E-state index in [4.69, 9.17) is 9.47 Å². The Morgan fingerprint density at radius 2 is 2.00 bits per heavy atom. The predicted octanol–water partition coefficient (Wildman–Crippen LogP) is 1.76. The van der Waals surface area contributed by atoms with Crippen molar-refractivity contribution >= 4 is 17.7 Å². The highest BCUT2D eigenvalue weighted by molar-refractivity contribution is 5.94. The first-order valence-electron chi connectivity index (χ1n) is 11.4. The third kappa shape index (κ3) is 5.41. The SMILES string of the molecule is CCN1C(=O)C2(CCN(C(=O)COc3cccc(C)c3)CC2)C[C@H]1C(=O)NCCCOC. The van der Waals surface area contributed by atoms with Crippen molar-refractivity contribution in [3.05, 3.63) is 29.8 Å². The van der Waals surface area contributed by atoms with E-state index in [9.17, 15) is 14.4 Å². The highest BCUT2D eigenvalue weighted by atomic mass is 16.5. The maximum atomic E-state index is 13.2. The molecule has 0 radical (unpaired) electrons. The molecular formula is C24H35N3O5. The van der Waals surface area contributed by atoms with Gasteiger partial charge in [-0.3, -0.25) is 14.4 Å². The summed E-state index contributed by atoms with van der Waals surface area (Å²) in [6, 6.07) is 7.17. The van der Waals surface area contributed by atoms with Gasteiger partial charge in [-0.15, -0.1) is 0 Å². The van der Waals surface area contributed by atoms with Crippen LogP contribution in [0.4, 0.5) is 0 Å². The van der Waals surface area contributed by atoms with Crippen molar-refractivity contribution in [2.24, 2.45) is 5.41 Å². The molecule has 2 aliphatic rings. The Kier molecular flexibility index (Phi) is 8.12. The van der Waals surface area contributed by atoms with Crippen molar-refractivity contribution in [1.29, 1.82) is 0 Å². The van der Waals surface area contributed by atoms with Gasteiger partial charge in [-0.25, -0.2) is 0 Å². The lowest BCUT2D eigenvalue weighted by Crippen LogP contribution is -2.48. The molecule has 1 spiro atoms. The largest absolute Gasteiger partial charge is 0.484 e. The van der Waals surface area contributed by atoms with Gasteiger partial charge in [-0.1, -0.05) is 12.1 Å². The molecule has 2 saturated heterocycles. The summed E-state index contributed by atoms with van der Waals surface area (Å²) in [5.74, 6) is 0.542. The molecule has 1 aromatic carbocycles. The van der Waals surface area contributed by atoms with Crippen LogP contribution in [0.25, 0.3) is 0 Å². The van der Waals surface area contributed by atoms with Crippen molar-refractivity contribution in [2.75, 3.05) is 46.5 Å². The van der Waals surface area contributed by atoms with Gasteiger partial charge in [0.05, 0.1) is 5.41 Å². The Hall–Kier alpha value is -2.61. The predicted molar refractivity (Wildman–Crippen MR) is 120 cm³/mol. The van der Waals surface area contributed by atoms with E-state index in [0.29, 0.717) is 57.8 Å². The van der Waals surface area contributed by atoms with Gasteiger partial charge >= 0.3 is 0 Å². The zero-order chi connectivity index (χ0) is 23.1. The van der Waals surface area contributed by atoms with Crippen LogP contribution in [0.2, 0.25) is 0 Å². The second kappa shape index (κ2) is 10.8. The average Bonchev–Trinajstić information content (AvgIpc) is 3.06. The first-order chi connectivity index (χ1) is 15.4. The number of nitrogens with one attached hydrogen (secondary N) is 1. The smallest absolute Gasteiger partial charge is 0.260 e. The molecule has 1 aromatic rings. The van der Waals surface area contributed by atoms with Crippen LogP contribution < -0.4 is 10.1 Å². The number of rotatable bonds is 9. The lowest BCUT2D eigenvalue weighted by Gasteiger charge is -2.37.